The van der Waals surface area contributed by atoms with Crippen molar-refractivity contribution in [1.82, 2.24) is 10.3 Å². The molecule has 1 heterocycles. The van der Waals surface area contributed by atoms with Crippen LogP contribution in [0.1, 0.15) is 37.6 Å². The van der Waals surface area contributed by atoms with Crippen LogP contribution in [0.25, 0.3) is 0 Å². The summed E-state index contributed by atoms with van der Waals surface area (Å²) < 4.78 is 5.76. The van der Waals surface area contributed by atoms with Crippen LogP contribution in [0.3, 0.4) is 0 Å². The Morgan fingerprint density at radius 3 is 2.52 bits per heavy atom. The highest BCUT2D eigenvalue weighted by Gasteiger charge is 2.08. The number of nitrogens with zero attached hydrogens (tertiary/aromatic N) is 1. The van der Waals surface area contributed by atoms with Gasteiger partial charge < -0.3 is 10.1 Å². The van der Waals surface area contributed by atoms with Gasteiger partial charge in [-0.15, -0.1) is 0 Å². The van der Waals surface area contributed by atoms with Gasteiger partial charge in [-0.2, -0.15) is 0 Å². The molecule has 21 heavy (non-hydrogen) atoms. The number of aromatic nitrogens is 1. The van der Waals surface area contributed by atoms with Gasteiger partial charge in [0, 0.05) is 17.8 Å². The van der Waals surface area contributed by atoms with Crippen molar-refractivity contribution < 1.29 is 4.74 Å². The highest BCUT2D eigenvalue weighted by atomic mass is 16.5. The fourth-order valence-electron chi connectivity index (χ4n) is 1.90. The summed E-state index contributed by atoms with van der Waals surface area (Å²) in [6, 6.07) is 12.4. The monoisotopic (exact) mass is 284 g/mol. The predicted molar refractivity (Wildman–Crippen MR) is 86.3 cm³/mol. The molecule has 2 aromatic rings. The Kier molecular flexibility index (Phi) is 4.97. The molecule has 112 valence electrons. The van der Waals surface area contributed by atoms with Crippen LogP contribution in [0.4, 0.5) is 0 Å². The number of pyridine rings is 1. The predicted octanol–water partition coefficient (Wildman–Crippen LogP) is 3.86. The molecule has 0 fully saturated rings. The molecule has 0 unspecified atom stereocenters. The molecular formula is C18H24N2O. The van der Waals surface area contributed by atoms with E-state index in [1.54, 1.807) is 6.20 Å². The van der Waals surface area contributed by atoms with Crippen molar-refractivity contribution in [2.24, 2.45) is 0 Å². The fraction of sp³-hybridized carbons (Fsp3) is 0.389. The molecule has 0 aliphatic heterocycles. The second-order valence-corrected chi connectivity index (χ2v) is 6.35. The van der Waals surface area contributed by atoms with Gasteiger partial charge in [-0.25, -0.2) is 0 Å². The standard InChI is InChI=1S/C18H24N2O/c1-14-8-9-17(12-19-14)21-13-16-7-5-6-15(10-16)11-20-18(2,3)4/h5-10,12,20H,11,13H2,1-4H3. The summed E-state index contributed by atoms with van der Waals surface area (Å²) in [5.41, 5.74) is 3.56. The molecule has 0 amide bonds. The van der Waals surface area contributed by atoms with E-state index in [4.69, 9.17) is 4.74 Å². The van der Waals surface area contributed by atoms with Gasteiger partial charge >= 0.3 is 0 Å². The van der Waals surface area contributed by atoms with E-state index in [1.807, 2.05) is 19.1 Å². The van der Waals surface area contributed by atoms with Crippen molar-refractivity contribution in [2.75, 3.05) is 0 Å². The molecular weight excluding hydrogens is 260 g/mol. The molecule has 2 rings (SSSR count). The van der Waals surface area contributed by atoms with E-state index < -0.39 is 0 Å². The van der Waals surface area contributed by atoms with Gasteiger partial charge in [0.15, 0.2) is 0 Å². The fourth-order valence-corrected chi connectivity index (χ4v) is 1.90. The molecule has 0 aliphatic carbocycles. The van der Waals surface area contributed by atoms with Gasteiger partial charge in [0.2, 0.25) is 0 Å². The summed E-state index contributed by atoms with van der Waals surface area (Å²) in [6.45, 7) is 9.91. The number of ether oxygens (including phenoxy) is 1. The molecule has 1 N–H and O–H groups in total. The van der Waals surface area contributed by atoms with E-state index in [-0.39, 0.29) is 5.54 Å². The molecule has 1 aromatic heterocycles. The maximum absolute atomic E-state index is 5.76. The van der Waals surface area contributed by atoms with Crippen LogP contribution in [0.2, 0.25) is 0 Å². The number of rotatable bonds is 5. The van der Waals surface area contributed by atoms with E-state index in [0.717, 1.165) is 18.0 Å². The zero-order valence-electron chi connectivity index (χ0n) is 13.3. The highest BCUT2D eigenvalue weighted by molar-refractivity contribution is 5.24. The lowest BCUT2D eigenvalue weighted by molar-refractivity contribution is 0.304. The van der Waals surface area contributed by atoms with Gasteiger partial charge in [0.25, 0.3) is 0 Å². The molecule has 0 saturated heterocycles. The Balaban J connectivity index is 1.93. The Morgan fingerprint density at radius 2 is 1.86 bits per heavy atom. The van der Waals surface area contributed by atoms with Crippen LogP contribution in [-0.4, -0.2) is 10.5 Å². The maximum Gasteiger partial charge on any atom is 0.138 e. The molecule has 3 heteroatoms. The molecule has 0 radical (unpaired) electrons. The lowest BCUT2D eigenvalue weighted by Gasteiger charge is -2.20. The number of hydrogen-bond acceptors (Lipinski definition) is 3. The summed E-state index contributed by atoms with van der Waals surface area (Å²) in [6.07, 6.45) is 1.76. The topological polar surface area (TPSA) is 34.1 Å². The SMILES string of the molecule is Cc1ccc(OCc2cccc(CNC(C)(C)C)c2)cn1. The smallest absolute Gasteiger partial charge is 0.138 e. The van der Waals surface area contributed by atoms with Crippen LogP contribution < -0.4 is 10.1 Å². The number of aryl methyl sites for hydroxylation is 1. The lowest BCUT2D eigenvalue weighted by atomic mass is 10.1. The minimum Gasteiger partial charge on any atom is -0.487 e. The van der Waals surface area contributed by atoms with Crippen LogP contribution in [-0.2, 0) is 13.2 Å². The first-order valence-electron chi connectivity index (χ1n) is 7.31. The van der Waals surface area contributed by atoms with Crippen molar-refractivity contribution in [3.05, 3.63) is 59.4 Å². The first kappa shape index (κ1) is 15.5. The normalized spacial score (nSPS) is 11.4. The quantitative estimate of drug-likeness (QED) is 0.905. The van der Waals surface area contributed by atoms with E-state index >= 15 is 0 Å². The van der Waals surface area contributed by atoms with Crippen LogP contribution >= 0.6 is 0 Å². The van der Waals surface area contributed by atoms with Crippen molar-refractivity contribution >= 4 is 0 Å². The molecule has 0 saturated carbocycles. The molecule has 1 aromatic carbocycles. The average Bonchev–Trinajstić information content (AvgIpc) is 2.44. The summed E-state index contributed by atoms with van der Waals surface area (Å²) in [7, 11) is 0. The molecule has 0 atom stereocenters. The van der Waals surface area contributed by atoms with Gasteiger partial charge in [-0.1, -0.05) is 24.3 Å². The highest BCUT2D eigenvalue weighted by Crippen LogP contribution is 2.13. The Bertz CT molecular complexity index is 571. The van der Waals surface area contributed by atoms with E-state index in [1.165, 1.54) is 11.1 Å². The third-order valence-corrected chi connectivity index (χ3v) is 3.10. The van der Waals surface area contributed by atoms with Crippen molar-refractivity contribution in [3.8, 4) is 5.75 Å². The van der Waals surface area contributed by atoms with Gasteiger partial charge in [0.1, 0.15) is 12.4 Å². The Morgan fingerprint density at radius 1 is 1.10 bits per heavy atom. The largest absolute Gasteiger partial charge is 0.487 e. The number of benzene rings is 1. The van der Waals surface area contributed by atoms with Crippen LogP contribution in [0.15, 0.2) is 42.6 Å². The average molecular weight is 284 g/mol. The lowest BCUT2D eigenvalue weighted by Crippen LogP contribution is -2.35. The van der Waals surface area contributed by atoms with Gasteiger partial charge in [-0.05, 0) is 51.0 Å². The van der Waals surface area contributed by atoms with Gasteiger partial charge in [-0.3, -0.25) is 4.98 Å². The van der Waals surface area contributed by atoms with E-state index in [0.29, 0.717) is 6.61 Å². The van der Waals surface area contributed by atoms with Crippen molar-refractivity contribution in [2.45, 2.75) is 46.4 Å². The number of nitrogens with one attached hydrogen (secondary N) is 1. The summed E-state index contributed by atoms with van der Waals surface area (Å²) in [5.74, 6) is 0.804. The summed E-state index contributed by atoms with van der Waals surface area (Å²) >= 11 is 0. The maximum atomic E-state index is 5.76. The Hall–Kier alpha value is -1.87. The Labute approximate surface area is 127 Å². The molecule has 3 nitrogen and oxygen atoms in total. The minimum absolute atomic E-state index is 0.125. The summed E-state index contributed by atoms with van der Waals surface area (Å²) in [5, 5.41) is 3.49. The molecule has 0 spiro atoms. The third kappa shape index (κ3) is 5.56. The van der Waals surface area contributed by atoms with Gasteiger partial charge in [0.05, 0.1) is 6.20 Å². The second-order valence-electron chi connectivity index (χ2n) is 6.35. The molecule has 0 aliphatic rings. The number of hydrogen-bond donors (Lipinski definition) is 1. The third-order valence-electron chi connectivity index (χ3n) is 3.10. The van der Waals surface area contributed by atoms with Crippen molar-refractivity contribution in [3.63, 3.8) is 0 Å². The second kappa shape index (κ2) is 6.72. The minimum atomic E-state index is 0.125. The van der Waals surface area contributed by atoms with Crippen molar-refractivity contribution in [1.29, 1.82) is 0 Å². The first-order valence-corrected chi connectivity index (χ1v) is 7.31. The zero-order valence-corrected chi connectivity index (χ0v) is 13.3. The molecule has 0 bridgehead atoms. The van der Waals surface area contributed by atoms with E-state index in [2.05, 4.69) is 55.3 Å². The van der Waals surface area contributed by atoms with Crippen LogP contribution in [0.5, 0.6) is 5.75 Å². The first-order chi connectivity index (χ1) is 9.92. The zero-order chi connectivity index (χ0) is 15.3. The van der Waals surface area contributed by atoms with E-state index in [9.17, 15) is 0 Å². The summed E-state index contributed by atoms with van der Waals surface area (Å²) in [4.78, 5) is 4.23. The van der Waals surface area contributed by atoms with Crippen LogP contribution in [0, 0.1) is 6.92 Å².